The molecule has 1 aromatic carbocycles. The molecule has 1 aliphatic carbocycles. The van der Waals surface area contributed by atoms with Crippen molar-refractivity contribution in [3.05, 3.63) is 51.5 Å². The van der Waals surface area contributed by atoms with Crippen LogP contribution in [0.15, 0.2) is 24.3 Å². The minimum Gasteiger partial charge on any atom is -0.481 e. The maximum atomic E-state index is 11.2. The Kier molecular flexibility index (Phi) is 5.73. The van der Waals surface area contributed by atoms with Gasteiger partial charge in [0.05, 0.1) is 5.92 Å². The second-order valence-electron chi connectivity index (χ2n) is 8.27. The van der Waals surface area contributed by atoms with E-state index in [9.17, 15) is 9.90 Å². The number of carbonyl (C=O) groups is 1. The number of aromatic nitrogens is 1. The van der Waals surface area contributed by atoms with E-state index < -0.39 is 5.97 Å². The first-order chi connectivity index (χ1) is 14.0. The van der Waals surface area contributed by atoms with Crippen LogP contribution in [0.3, 0.4) is 0 Å². The first-order valence-electron chi connectivity index (χ1n) is 10.8. The van der Waals surface area contributed by atoms with Gasteiger partial charge < -0.3 is 5.11 Å². The van der Waals surface area contributed by atoms with E-state index >= 15 is 0 Å². The van der Waals surface area contributed by atoms with Crippen molar-refractivity contribution in [2.75, 3.05) is 0 Å². The second kappa shape index (κ2) is 8.27. The first kappa shape index (κ1) is 20.1. The summed E-state index contributed by atoms with van der Waals surface area (Å²) in [5.41, 5.74) is 7.86. The van der Waals surface area contributed by atoms with Crippen molar-refractivity contribution in [3.63, 3.8) is 0 Å². The van der Waals surface area contributed by atoms with E-state index in [1.54, 1.807) is 6.92 Å². The SMILES string of the molecule is CCc1ccc(-c2c(CCCC(C)C(=O)O)c(C)nc3sc4c(c23)CCC4)cc1. The zero-order valence-corrected chi connectivity index (χ0v) is 18.4. The fraction of sp³-hybridized carbons (Fsp3) is 0.440. The average Bonchev–Trinajstić information content (AvgIpc) is 3.29. The molecule has 0 aliphatic heterocycles. The lowest BCUT2D eigenvalue weighted by Gasteiger charge is -2.16. The maximum absolute atomic E-state index is 11.2. The summed E-state index contributed by atoms with van der Waals surface area (Å²) in [5.74, 6) is -1.01. The molecule has 3 nitrogen and oxygen atoms in total. The summed E-state index contributed by atoms with van der Waals surface area (Å²) >= 11 is 1.87. The summed E-state index contributed by atoms with van der Waals surface area (Å²) in [6.45, 7) is 6.10. The van der Waals surface area contributed by atoms with Gasteiger partial charge in [0.1, 0.15) is 4.83 Å². The molecule has 1 atom stereocenters. The Morgan fingerprint density at radius 1 is 1.24 bits per heavy atom. The highest BCUT2D eigenvalue weighted by Crippen LogP contribution is 2.44. The van der Waals surface area contributed by atoms with Crippen LogP contribution in [0, 0.1) is 12.8 Å². The molecule has 0 saturated heterocycles. The fourth-order valence-electron chi connectivity index (χ4n) is 4.52. The Bertz CT molecular complexity index is 1050. The first-order valence-corrected chi connectivity index (χ1v) is 11.6. The van der Waals surface area contributed by atoms with Crippen molar-refractivity contribution in [1.82, 2.24) is 4.98 Å². The van der Waals surface area contributed by atoms with Crippen LogP contribution in [-0.2, 0) is 30.5 Å². The molecule has 2 aromatic heterocycles. The van der Waals surface area contributed by atoms with Crippen molar-refractivity contribution in [2.24, 2.45) is 5.92 Å². The summed E-state index contributed by atoms with van der Waals surface area (Å²) in [4.78, 5) is 18.9. The van der Waals surface area contributed by atoms with Gasteiger partial charge >= 0.3 is 5.97 Å². The third kappa shape index (κ3) is 3.83. The number of aliphatic carboxylic acids is 1. The number of benzene rings is 1. The summed E-state index contributed by atoms with van der Waals surface area (Å²) in [7, 11) is 0. The van der Waals surface area contributed by atoms with Crippen molar-refractivity contribution < 1.29 is 9.90 Å². The molecule has 29 heavy (non-hydrogen) atoms. The molecule has 0 saturated carbocycles. The van der Waals surface area contributed by atoms with Gasteiger partial charge in [-0.25, -0.2) is 4.98 Å². The third-order valence-corrected chi connectivity index (χ3v) is 7.48. The van der Waals surface area contributed by atoms with E-state index in [2.05, 4.69) is 38.1 Å². The Labute approximate surface area is 176 Å². The second-order valence-corrected chi connectivity index (χ2v) is 9.35. The lowest BCUT2D eigenvalue weighted by molar-refractivity contribution is -0.141. The minimum atomic E-state index is -0.707. The van der Waals surface area contributed by atoms with E-state index in [-0.39, 0.29) is 5.92 Å². The normalized spacial score (nSPS) is 14.3. The fourth-order valence-corrected chi connectivity index (χ4v) is 5.84. The Morgan fingerprint density at radius 2 is 2.00 bits per heavy atom. The predicted molar refractivity (Wildman–Crippen MR) is 121 cm³/mol. The van der Waals surface area contributed by atoms with Gasteiger partial charge in [-0.3, -0.25) is 4.79 Å². The Balaban J connectivity index is 1.82. The number of carboxylic acid groups (broad SMARTS) is 1. The molecule has 3 aromatic rings. The average molecular weight is 408 g/mol. The number of nitrogens with zero attached hydrogens (tertiary/aromatic N) is 1. The molecule has 0 radical (unpaired) electrons. The Morgan fingerprint density at radius 3 is 2.69 bits per heavy atom. The highest BCUT2D eigenvalue weighted by atomic mass is 32.1. The van der Waals surface area contributed by atoms with E-state index in [0.717, 1.165) is 31.4 Å². The van der Waals surface area contributed by atoms with Crippen LogP contribution < -0.4 is 0 Å². The zero-order chi connectivity index (χ0) is 20.5. The number of hydrogen-bond acceptors (Lipinski definition) is 3. The zero-order valence-electron chi connectivity index (χ0n) is 17.5. The molecule has 4 rings (SSSR count). The molecular formula is C25H29NO2S. The summed E-state index contributed by atoms with van der Waals surface area (Å²) in [6, 6.07) is 8.99. The predicted octanol–water partition coefficient (Wildman–Crippen LogP) is 6.37. The standard InChI is InChI=1S/C25H29NO2S/c1-4-17-11-13-18(14-12-17)22-19(8-5-7-15(2)25(27)28)16(3)26-24-23(22)20-9-6-10-21(20)29-24/h11-15H,4-10H2,1-3H3,(H,27,28). The lowest BCUT2D eigenvalue weighted by atomic mass is 9.90. The summed E-state index contributed by atoms with van der Waals surface area (Å²) in [6.07, 6.45) is 7.05. The van der Waals surface area contributed by atoms with E-state index in [4.69, 9.17) is 4.98 Å². The number of aryl methyl sites for hydroxylation is 4. The molecule has 152 valence electrons. The quantitative estimate of drug-likeness (QED) is 0.495. The van der Waals surface area contributed by atoms with E-state index in [1.807, 2.05) is 11.3 Å². The van der Waals surface area contributed by atoms with Gasteiger partial charge in [-0.2, -0.15) is 0 Å². The molecule has 1 aliphatic rings. The molecule has 0 spiro atoms. The van der Waals surface area contributed by atoms with Crippen LogP contribution in [0.5, 0.6) is 0 Å². The van der Waals surface area contributed by atoms with Crippen molar-refractivity contribution in [2.45, 2.75) is 65.7 Å². The summed E-state index contributed by atoms with van der Waals surface area (Å²) < 4.78 is 0. The van der Waals surface area contributed by atoms with E-state index in [1.165, 1.54) is 55.8 Å². The number of hydrogen-bond donors (Lipinski definition) is 1. The highest BCUT2D eigenvalue weighted by molar-refractivity contribution is 7.19. The number of carboxylic acids is 1. The van der Waals surface area contributed by atoms with Gasteiger partial charge in [-0.1, -0.05) is 38.1 Å². The third-order valence-electron chi connectivity index (χ3n) is 6.30. The van der Waals surface area contributed by atoms with Crippen LogP contribution in [0.2, 0.25) is 0 Å². The van der Waals surface area contributed by atoms with Crippen LogP contribution >= 0.6 is 11.3 Å². The van der Waals surface area contributed by atoms with Crippen molar-refractivity contribution in [3.8, 4) is 11.1 Å². The highest BCUT2D eigenvalue weighted by Gasteiger charge is 2.24. The van der Waals surface area contributed by atoms with Crippen LogP contribution in [0.25, 0.3) is 21.3 Å². The van der Waals surface area contributed by atoms with Crippen molar-refractivity contribution >= 4 is 27.5 Å². The van der Waals surface area contributed by atoms with Crippen LogP contribution in [0.1, 0.15) is 60.4 Å². The topological polar surface area (TPSA) is 50.2 Å². The molecule has 1 N–H and O–H groups in total. The maximum Gasteiger partial charge on any atom is 0.306 e. The van der Waals surface area contributed by atoms with Gasteiger partial charge in [0.2, 0.25) is 0 Å². The largest absolute Gasteiger partial charge is 0.481 e. The molecule has 2 heterocycles. The lowest BCUT2D eigenvalue weighted by Crippen LogP contribution is -2.10. The van der Waals surface area contributed by atoms with Gasteiger partial charge in [-0.15, -0.1) is 11.3 Å². The number of pyridine rings is 1. The monoisotopic (exact) mass is 407 g/mol. The van der Waals surface area contributed by atoms with Gasteiger partial charge in [-0.05, 0) is 79.7 Å². The molecule has 0 bridgehead atoms. The molecule has 4 heteroatoms. The van der Waals surface area contributed by atoms with Gasteiger partial charge in [0, 0.05) is 16.0 Å². The molecule has 1 unspecified atom stereocenters. The Hall–Kier alpha value is -2.20. The number of rotatable bonds is 7. The van der Waals surface area contributed by atoms with Gasteiger partial charge in [0.15, 0.2) is 0 Å². The summed E-state index contributed by atoms with van der Waals surface area (Å²) in [5, 5.41) is 10.6. The van der Waals surface area contributed by atoms with Crippen LogP contribution in [-0.4, -0.2) is 16.1 Å². The molecule has 0 amide bonds. The van der Waals surface area contributed by atoms with Gasteiger partial charge in [0.25, 0.3) is 0 Å². The molecular weight excluding hydrogens is 378 g/mol. The molecule has 0 fully saturated rings. The van der Waals surface area contributed by atoms with Crippen LogP contribution in [0.4, 0.5) is 0 Å². The minimum absolute atomic E-state index is 0.301. The smallest absolute Gasteiger partial charge is 0.306 e. The van der Waals surface area contributed by atoms with Crippen molar-refractivity contribution in [1.29, 1.82) is 0 Å². The number of thiophene rings is 1. The number of fused-ring (bicyclic) bond motifs is 3. The van der Waals surface area contributed by atoms with E-state index in [0.29, 0.717) is 6.42 Å².